The summed E-state index contributed by atoms with van der Waals surface area (Å²) < 4.78 is 10.3. The van der Waals surface area contributed by atoms with Gasteiger partial charge >= 0.3 is 12.0 Å². The molecule has 1 saturated heterocycles. The van der Waals surface area contributed by atoms with E-state index in [0.717, 1.165) is 23.3 Å². The van der Waals surface area contributed by atoms with Crippen LogP contribution in [0.1, 0.15) is 37.8 Å². The van der Waals surface area contributed by atoms with E-state index in [9.17, 15) is 14.4 Å². The summed E-state index contributed by atoms with van der Waals surface area (Å²) in [6, 6.07) is 4.66. The molecule has 0 radical (unpaired) electrons. The molecule has 1 atom stereocenters. The Morgan fingerprint density at radius 2 is 2.04 bits per heavy atom. The Hall–Kier alpha value is -2.57. The number of urea groups is 1. The number of esters is 1. The number of aryl methyl sites for hydroxylation is 1. The standard InChI is InChI=1S/C18H24N2O5/c1-5-6-9-25-15(21)11-20-16(22)18(3,19-17(20)23)13-7-8-14(24-4)12(2)10-13/h7-8,10H,5-6,9,11H2,1-4H3,(H,19,23). The number of carbonyl (C=O) groups is 3. The van der Waals surface area contributed by atoms with E-state index in [1.54, 1.807) is 32.2 Å². The summed E-state index contributed by atoms with van der Waals surface area (Å²) in [5, 5.41) is 2.67. The zero-order chi connectivity index (χ0) is 18.6. The van der Waals surface area contributed by atoms with E-state index < -0.39 is 23.4 Å². The highest BCUT2D eigenvalue weighted by Crippen LogP contribution is 2.31. The predicted octanol–water partition coefficient (Wildman–Crippen LogP) is 2.11. The van der Waals surface area contributed by atoms with Gasteiger partial charge in [-0.2, -0.15) is 0 Å². The fraction of sp³-hybridized carbons (Fsp3) is 0.500. The molecule has 1 aromatic carbocycles. The maximum atomic E-state index is 12.8. The number of nitrogens with zero attached hydrogens (tertiary/aromatic N) is 1. The Kier molecular flexibility index (Phi) is 5.66. The SMILES string of the molecule is CCCCOC(=O)CN1C(=O)NC(C)(c2ccc(OC)c(C)c2)C1=O. The van der Waals surface area contributed by atoms with Gasteiger partial charge < -0.3 is 14.8 Å². The molecule has 7 nitrogen and oxygen atoms in total. The van der Waals surface area contributed by atoms with Crippen molar-refractivity contribution >= 4 is 17.9 Å². The molecule has 0 aliphatic carbocycles. The first-order chi connectivity index (χ1) is 11.8. The van der Waals surface area contributed by atoms with Crippen molar-refractivity contribution in [1.82, 2.24) is 10.2 Å². The van der Waals surface area contributed by atoms with Crippen LogP contribution in [0.3, 0.4) is 0 Å². The summed E-state index contributed by atoms with van der Waals surface area (Å²) >= 11 is 0. The molecule has 136 valence electrons. The summed E-state index contributed by atoms with van der Waals surface area (Å²) in [5.74, 6) is -0.373. The maximum Gasteiger partial charge on any atom is 0.326 e. The second-order valence-electron chi connectivity index (χ2n) is 6.20. The molecule has 1 aliphatic heterocycles. The number of unbranched alkanes of at least 4 members (excludes halogenated alkanes) is 1. The van der Waals surface area contributed by atoms with E-state index >= 15 is 0 Å². The van der Waals surface area contributed by atoms with Gasteiger partial charge in [0.05, 0.1) is 13.7 Å². The number of rotatable bonds is 7. The van der Waals surface area contributed by atoms with Crippen molar-refractivity contribution in [3.63, 3.8) is 0 Å². The van der Waals surface area contributed by atoms with E-state index in [1.165, 1.54) is 0 Å². The van der Waals surface area contributed by atoms with Gasteiger partial charge in [-0.3, -0.25) is 14.5 Å². The summed E-state index contributed by atoms with van der Waals surface area (Å²) in [5.41, 5.74) is 0.254. The van der Waals surface area contributed by atoms with Crippen LogP contribution in [0.4, 0.5) is 4.79 Å². The van der Waals surface area contributed by atoms with Crippen molar-refractivity contribution in [2.45, 2.75) is 39.2 Å². The Balaban J connectivity index is 2.16. The van der Waals surface area contributed by atoms with E-state index in [4.69, 9.17) is 9.47 Å². The van der Waals surface area contributed by atoms with Gasteiger partial charge in [-0.25, -0.2) is 4.79 Å². The lowest BCUT2D eigenvalue weighted by Gasteiger charge is -2.23. The van der Waals surface area contributed by atoms with Gasteiger partial charge in [0, 0.05) is 0 Å². The van der Waals surface area contributed by atoms with Crippen LogP contribution in [0.15, 0.2) is 18.2 Å². The molecule has 7 heteroatoms. The zero-order valence-electron chi connectivity index (χ0n) is 15.0. The minimum absolute atomic E-state index is 0.286. The molecule has 1 heterocycles. The Morgan fingerprint density at radius 1 is 1.32 bits per heavy atom. The van der Waals surface area contributed by atoms with Crippen molar-refractivity contribution in [2.24, 2.45) is 0 Å². The number of hydrogen-bond acceptors (Lipinski definition) is 5. The lowest BCUT2D eigenvalue weighted by molar-refractivity contribution is -0.147. The van der Waals surface area contributed by atoms with Gasteiger partial charge in [0.1, 0.15) is 17.8 Å². The quantitative estimate of drug-likeness (QED) is 0.463. The third-order valence-corrected chi connectivity index (χ3v) is 4.30. The molecule has 1 N–H and O–H groups in total. The number of benzene rings is 1. The van der Waals surface area contributed by atoms with Crippen LogP contribution < -0.4 is 10.1 Å². The smallest absolute Gasteiger partial charge is 0.326 e. The zero-order valence-corrected chi connectivity index (χ0v) is 15.0. The number of nitrogens with one attached hydrogen (secondary N) is 1. The van der Waals surface area contributed by atoms with Crippen molar-refractivity contribution in [3.8, 4) is 5.75 Å². The maximum absolute atomic E-state index is 12.8. The largest absolute Gasteiger partial charge is 0.496 e. The van der Waals surface area contributed by atoms with Crippen LogP contribution in [-0.2, 0) is 19.9 Å². The molecule has 0 saturated carbocycles. The first-order valence-electron chi connectivity index (χ1n) is 8.28. The number of imide groups is 1. The molecular weight excluding hydrogens is 324 g/mol. The first kappa shape index (κ1) is 18.8. The normalized spacial score (nSPS) is 19.8. The van der Waals surface area contributed by atoms with E-state index in [-0.39, 0.29) is 13.2 Å². The number of carbonyl (C=O) groups excluding carboxylic acids is 3. The van der Waals surface area contributed by atoms with Crippen molar-refractivity contribution in [3.05, 3.63) is 29.3 Å². The van der Waals surface area contributed by atoms with E-state index in [2.05, 4.69) is 5.32 Å². The van der Waals surface area contributed by atoms with Crippen LogP contribution in [0.2, 0.25) is 0 Å². The highest BCUT2D eigenvalue weighted by Gasteiger charge is 2.49. The van der Waals surface area contributed by atoms with Crippen LogP contribution in [-0.4, -0.2) is 43.1 Å². The summed E-state index contributed by atoms with van der Waals surface area (Å²) in [4.78, 5) is 37.7. The lowest BCUT2D eigenvalue weighted by Crippen LogP contribution is -2.41. The van der Waals surface area contributed by atoms with Crippen LogP contribution in [0.25, 0.3) is 0 Å². The third kappa shape index (κ3) is 3.75. The number of hydrogen-bond donors (Lipinski definition) is 1. The second kappa shape index (κ2) is 7.55. The van der Waals surface area contributed by atoms with Gasteiger partial charge in [0.2, 0.25) is 0 Å². The van der Waals surface area contributed by atoms with E-state index in [0.29, 0.717) is 11.3 Å². The highest BCUT2D eigenvalue weighted by atomic mass is 16.5. The average molecular weight is 348 g/mol. The molecule has 3 amide bonds. The van der Waals surface area contributed by atoms with Crippen molar-refractivity contribution in [1.29, 1.82) is 0 Å². The fourth-order valence-corrected chi connectivity index (χ4v) is 2.73. The third-order valence-electron chi connectivity index (χ3n) is 4.30. The van der Waals surface area contributed by atoms with Crippen LogP contribution in [0.5, 0.6) is 5.75 Å². The minimum atomic E-state index is -1.22. The van der Waals surface area contributed by atoms with Crippen molar-refractivity contribution in [2.75, 3.05) is 20.3 Å². The highest BCUT2D eigenvalue weighted by molar-refractivity contribution is 6.08. The second-order valence-corrected chi connectivity index (χ2v) is 6.20. The fourth-order valence-electron chi connectivity index (χ4n) is 2.73. The molecule has 0 aromatic heterocycles. The summed E-state index contributed by atoms with van der Waals surface area (Å²) in [6.45, 7) is 5.35. The average Bonchev–Trinajstić information content (AvgIpc) is 2.79. The molecule has 1 aliphatic rings. The van der Waals surface area contributed by atoms with Crippen LogP contribution >= 0.6 is 0 Å². The predicted molar refractivity (Wildman–Crippen MR) is 91.2 cm³/mol. The van der Waals surface area contributed by atoms with E-state index in [1.807, 2.05) is 13.8 Å². The molecule has 2 rings (SSSR count). The first-order valence-corrected chi connectivity index (χ1v) is 8.28. The molecule has 1 aromatic rings. The molecule has 25 heavy (non-hydrogen) atoms. The molecular formula is C18H24N2O5. The van der Waals surface area contributed by atoms with Gasteiger partial charge in [-0.05, 0) is 43.5 Å². The Labute approximate surface area is 147 Å². The lowest BCUT2D eigenvalue weighted by atomic mass is 9.90. The van der Waals surface area contributed by atoms with Gasteiger partial charge in [0.15, 0.2) is 0 Å². The van der Waals surface area contributed by atoms with Gasteiger partial charge in [0.25, 0.3) is 5.91 Å². The summed E-state index contributed by atoms with van der Waals surface area (Å²) in [7, 11) is 1.57. The molecule has 0 bridgehead atoms. The van der Waals surface area contributed by atoms with Crippen LogP contribution in [0, 0.1) is 6.92 Å². The minimum Gasteiger partial charge on any atom is -0.496 e. The Morgan fingerprint density at radius 3 is 2.64 bits per heavy atom. The number of methoxy groups -OCH3 is 1. The molecule has 0 spiro atoms. The number of amides is 3. The molecule has 1 fully saturated rings. The topological polar surface area (TPSA) is 84.9 Å². The van der Waals surface area contributed by atoms with Gasteiger partial charge in [-0.15, -0.1) is 0 Å². The molecule has 1 unspecified atom stereocenters. The Bertz CT molecular complexity index is 688. The monoisotopic (exact) mass is 348 g/mol. The number of ether oxygens (including phenoxy) is 2. The van der Waals surface area contributed by atoms with Crippen molar-refractivity contribution < 1.29 is 23.9 Å². The van der Waals surface area contributed by atoms with Gasteiger partial charge in [-0.1, -0.05) is 19.4 Å². The summed E-state index contributed by atoms with van der Waals surface area (Å²) in [6.07, 6.45) is 1.64.